The van der Waals surface area contributed by atoms with Gasteiger partial charge >= 0.3 is 12.0 Å². The van der Waals surface area contributed by atoms with Crippen molar-refractivity contribution in [2.24, 2.45) is 0 Å². The van der Waals surface area contributed by atoms with E-state index in [4.69, 9.17) is 5.11 Å². The first kappa shape index (κ1) is 17.2. The number of piperidine rings is 1. The summed E-state index contributed by atoms with van der Waals surface area (Å²) in [5, 5.41) is 12.8. The van der Waals surface area contributed by atoms with E-state index in [1.165, 1.54) is 13.8 Å². The second kappa shape index (κ2) is 7.21. The summed E-state index contributed by atoms with van der Waals surface area (Å²) in [4.78, 5) is 34.4. The third-order valence-electron chi connectivity index (χ3n) is 3.88. The van der Waals surface area contributed by atoms with Crippen molar-refractivity contribution in [1.29, 1.82) is 0 Å². The summed E-state index contributed by atoms with van der Waals surface area (Å²) in [6.45, 7) is 6.72. The minimum atomic E-state index is -1.18. The van der Waals surface area contributed by atoms with Crippen LogP contribution in [0.15, 0.2) is 11.1 Å². The summed E-state index contributed by atoms with van der Waals surface area (Å²) in [5.74, 6) is -1.88. The summed E-state index contributed by atoms with van der Waals surface area (Å²) in [5.41, 5.74) is 2.59. The Morgan fingerprint density at radius 3 is 2.05 bits per heavy atom. The fourth-order valence-electron chi connectivity index (χ4n) is 2.31. The first-order chi connectivity index (χ1) is 9.73. The minimum Gasteiger partial charge on any atom is -0.478 e. The second-order valence-corrected chi connectivity index (χ2v) is 5.49. The van der Waals surface area contributed by atoms with Gasteiger partial charge in [0.1, 0.15) is 0 Å². The number of carbonyl (C=O) groups excluding carboxylic acids is 2. The summed E-state index contributed by atoms with van der Waals surface area (Å²) < 4.78 is 0. The molecule has 0 aliphatic carbocycles. The average Bonchev–Trinajstić information content (AvgIpc) is 2.41. The number of hydrazine groups is 1. The fraction of sp³-hybridized carbons (Fsp3) is 0.643. The van der Waals surface area contributed by atoms with Gasteiger partial charge in [0.15, 0.2) is 0 Å². The van der Waals surface area contributed by atoms with Crippen LogP contribution in [0.3, 0.4) is 0 Å². The van der Waals surface area contributed by atoms with Crippen molar-refractivity contribution in [1.82, 2.24) is 15.8 Å². The van der Waals surface area contributed by atoms with Crippen LogP contribution in [0.1, 0.15) is 47.0 Å². The molecule has 1 rings (SSSR count). The van der Waals surface area contributed by atoms with E-state index < -0.39 is 17.9 Å². The molecule has 3 N–H and O–H groups in total. The van der Waals surface area contributed by atoms with Crippen LogP contribution in [0.4, 0.5) is 4.79 Å². The molecule has 7 nitrogen and oxygen atoms in total. The average molecular weight is 297 g/mol. The van der Waals surface area contributed by atoms with Gasteiger partial charge in [0.2, 0.25) is 0 Å². The number of amides is 3. The lowest BCUT2D eigenvalue weighted by Gasteiger charge is -2.38. The van der Waals surface area contributed by atoms with Crippen LogP contribution in [-0.2, 0) is 9.59 Å². The molecule has 1 saturated heterocycles. The van der Waals surface area contributed by atoms with Crippen molar-refractivity contribution in [3.05, 3.63) is 11.1 Å². The second-order valence-electron chi connectivity index (χ2n) is 5.49. The normalized spacial score (nSPS) is 24.0. The smallest absolute Gasteiger partial charge is 0.336 e. The van der Waals surface area contributed by atoms with Gasteiger partial charge in [0, 0.05) is 23.2 Å². The van der Waals surface area contributed by atoms with E-state index in [9.17, 15) is 14.4 Å². The Morgan fingerprint density at radius 2 is 1.57 bits per heavy atom. The number of hydrogen-bond donors (Lipinski definition) is 3. The number of nitrogens with zero attached hydrogens (tertiary/aromatic N) is 1. The fourth-order valence-corrected chi connectivity index (χ4v) is 2.31. The molecule has 0 saturated carbocycles. The Hall–Kier alpha value is -1.89. The Bertz CT molecular complexity index is 463. The topological polar surface area (TPSA) is 98.7 Å². The molecule has 0 bridgehead atoms. The molecule has 1 aliphatic rings. The summed E-state index contributed by atoms with van der Waals surface area (Å²) in [6.07, 6.45) is 3.08. The molecule has 0 aromatic heterocycles. The van der Waals surface area contributed by atoms with Crippen LogP contribution >= 0.6 is 0 Å². The minimum absolute atomic E-state index is 0.0115. The van der Waals surface area contributed by atoms with E-state index in [1.807, 2.05) is 18.9 Å². The molecular formula is C14H23N3O4. The predicted molar refractivity (Wildman–Crippen MR) is 77.3 cm³/mol. The Balaban J connectivity index is 2.63. The quantitative estimate of drug-likeness (QED) is 0.684. The van der Waals surface area contributed by atoms with Gasteiger partial charge in [0.05, 0.1) is 0 Å². The number of imide groups is 1. The molecule has 118 valence electrons. The summed E-state index contributed by atoms with van der Waals surface area (Å²) in [6, 6.07) is -0.239. The SMILES string of the molecule is CC(C(=O)O)=C(C)C(=O)NC(=O)NN1C(C)CCCC1C. The molecule has 3 amide bonds. The third kappa shape index (κ3) is 4.56. The van der Waals surface area contributed by atoms with Gasteiger partial charge in [0.25, 0.3) is 5.91 Å². The Labute approximate surface area is 124 Å². The molecule has 0 aromatic rings. The number of nitrogens with one attached hydrogen (secondary N) is 2. The lowest BCUT2D eigenvalue weighted by molar-refractivity contribution is -0.133. The van der Waals surface area contributed by atoms with Crippen LogP contribution in [-0.4, -0.2) is 40.1 Å². The van der Waals surface area contributed by atoms with Crippen molar-refractivity contribution in [2.45, 2.75) is 59.0 Å². The predicted octanol–water partition coefficient (Wildman–Crippen LogP) is 1.41. The molecule has 7 heteroatoms. The monoisotopic (exact) mass is 297 g/mol. The highest BCUT2D eigenvalue weighted by Crippen LogP contribution is 2.20. The molecule has 1 aliphatic heterocycles. The zero-order valence-electron chi connectivity index (χ0n) is 12.9. The van der Waals surface area contributed by atoms with Crippen LogP contribution < -0.4 is 10.7 Å². The maximum absolute atomic E-state index is 11.9. The number of urea groups is 1. The summed E-state index contributed by atoms with van der Waals surface area (Å²) in [7, 11) is 0. The molecule has 2 atom stereocenters. The molecule has 2 unspecified atom stereocenters. The number of aliphatic carboxylic acids is 1. The molecule has 0 radical (unpaired) electrons. The molecule has 21 heavy (non-hydrogen) atoms. The Kier molecular flexibility index (Phi) is 5.90. The van der Waals surface area contributed by atoms with Crippen LogP contribution in [0.2, 0.25) is 0 Å². The van der Waals surface area contributed by atoms with E-state index in [2.05, 4.69) is 10.7 Å². The molecule has 1 heterocycles. The largest absolute Gasteiger partial charge is 0.478 e. The lowest BCUT2D eigenvalue weighted by Crippen LogP contribution is -2.57. The van der Waals surface area contributed by atoms with Gasteiger partial charge < -0.3 is 5.11 Å². The summed E-state index contributed by atoms with van der Waals surface area (Å²) >= 11 is 0. The molecular weight excluding hydrogens is 274 g/mol. The van der Waals surface area contributed by atoms with Gasteiger partial charge in [-0.1, -0.05) is 6.42 Å². The van der Waals surface area contributed by atoms with E-state index in [0.29, 0.717) is 0 Å². The maximum atomic E-state index is 11.9. The van der Waals surface area contributed by atoms with Crippen molar-refractivity contribution >= 4 is 17.9 Å². The van der Waals surface area contributed by atoms with Gasteiger partial charge in [-0.25, -0.2) is 14.6 Å². The van der Waals surface area contributed by atoms with Gasteiger partial charge in [-0.3, -0.25) is 15.5 Å². The number of rotatable bonds is 3. The molecule has 0 aromatic carbocycles. The van der Waals surface area contributed by atoms with E-state index in [-0.39, 0.29) is 23.2 Å². The first-order valence-corrected chi connectivity index (χ1v) is 7.05. The van der Waals surface area contributed by atoms with Crippen LogP contribution in [0, 0.1) is 0 Å². The molecule has 0 spiro atoms. The highest BCUT2D eigenvalue weighted by molar-refractivity contribution is 6.07. The van der Waals surface area contributed by atoms with Gasteiger partial charge in [-0.2, -0.15) is 0 Å². The molecule has 1 fully saturated rings. The standard InChI is InChI=1S/C14H23N3O4/c1-8-6-5-7-9(2)17(8)16-14(21)15-12(18)10(3)11(4)13(19)20/h8-9H,5-7H2,1-4H3,(H,19,20)(H2,15,16,18,21). The van der Waals surface area contributed by atoms with Gasteiger partial charge in [-0.15, -0.1) is 0 Å². The van der Waals surface area contributed by atoms with E-state index in [0.717, 1.165) is 19.3 Å². The van der Waals surface area contributed by atoms with Crippen LogP contribution in [0.25, 0.3) is 0 Å². The van der Waals surface area contributed by atoms with Crippen molar-refractivity contribution in [3.8, 4) is 0 Å². The van der Waals surface area contributed by atoms with Crippen molar-refractivity contribution in [3.63, 3.8) is 0 Å². The number of carboxylic acids is 1. The maximum Gasteiger partial charge on any atom is 0.336 e. The van der Waals surface area contributed by atoms with E-state index >= 15 is 0 Å². The van der Waals surface area contributed by atoms with Gasteiger partial charge in [-0.05, 0) is 40.5 Å². The van der Waals surface area contributed by atoms with Crippen molar-refractivity contribution < 1.29 is 19.5 Å². The number of hydrogen-bond acceptors (Lipinski definition) is 4. The zero-order valence-corrected chi connectivity index (χ0v) is 12.9. The number of carbonyl (C=O) groups is 3. The highest BCUT2D eigenvalue weighted by Gasteiger charge is 2.26. The number of carboxylic acid groups (broad SMARTS) is 1. The highest BCUT2D eigenvalue weighted by atomic mass is 16.4. The first-order valence-electron chi connectivity index (χ1n) is 7.05. The lowest BCUT2D eigenvalue weighted by atomic mass is 10.00. The van der Waals surface area contributed by atoms with E-state index in [1.54, 1.807) is 0 Å². The van der Waals surface area contributed by atoms with Crippen molar-refractivity contribution in [2.75, 3.05) is 0 Å². The third-order valence-corrected chi connectivity index (χ3v) is 3.88. The van der Waals surface area contributed by atoms with Crippen LogP contribution in [0.5, 0.6) is 0 Å². The zero-order chi connectivity index (χ0) is 16.2. The Morgan fingerprint density at radius 1 is 1.05 bits per heavy atom.